The summed E-state index contributed by atoms with van der Waals surface area (Å²) in [4.78, 5) is 43.7. The van der Waals surface area contributed by atoms with Gasteiger partial charge in [0, 0.05) is 38.4 Å². The molecule has 0 saturated carbocycles. The molecule has 2 aliphatic rings. The van der Waals surface area contributed by atoms with E-state index in [9.17, 15) is 19.5 Å². The van der Waals surface area contributed by atoms with Crippen molar-refractivity contribution in [3.8, 4) is 0 Å². The molecule has 1 aromatic heterocycles. The number of pyridine rings is 1. The Morgan fingerprint density at radius 1 is 1.31 bits per heavy atom. The Morgan fingerprint density at radius 2 is 2.08 bits per heavy atom. The van der Waals surface area contributed by atoms with Gasteiger partial charge in [-0.05, 0) is 25.0 Å². The highest BCUT2D eigenvalue weighted by molar-refractivity contribution is 5.90. The molecule has 8 nitrogen and oxygen atoms in total. The van der Waals surface area contributed by atoms with Crippen LogP contribution in [-0.4, -0.2) is 70.0 Å². The fraction of sp³-hybridized carbons (Fsp3) is 0.556. The fourth-order valence-electron chi connectivity index (χ4n) is 3.54. The molecule has 0 aliphatic carbocycles. The number of aromatic nitrogens is 1. The van der Waals surface area contributed by atoms with Crippen molar-refractivity contribution < 1.29 is 24.2 Å². The number of carbonyl (C=O) groups is 3. The minimum absolute atomic E-state index is 0.101. The van der Waals surface area contributed by atoms with Crippen molar-refractivity contribution in [2.45, 2.75) is 31.8 Å². The van der Waals surface area contributed by atoms with Crippen LogP contribution in [0.15, 0.2) is 24.4 Å². The van der Waals surface area contributed by atoms with Gasteiger partial charge < -0.3 is 19.6 Å². The predicted molar refractivity (Wildman–Crippen MR) is 91.0 cm³/mol. The van der Waals surface area contributed by atoms with Crippen LogP contribution in [0.4, 0.5) is 0 Å². The van der Waals surface area contributed by atoms with E-state index in [4.69, 9.17) is 4.74 Å². The van der Waals surface area contributed by atoms with Crippen LogP contribution in [-0.2, 0) is 25.7 Å². The van der Waals surface area contributed by atoms with Crippen LogP contribution in [0, 0.1) is 5.92 Å². The molecule has 2 aliphatic heterocycles. The molecule has 0 aromatic carbocycles. The third-order valence-electron chi connectivity index (χ3n) is 4.86. The Morgan fingerprint density at radius 3 is 2.73 bits per heavy atom. The normalized spacial score (nSPS) is 21.0. The molecule has 1 N–H and O–H groups in total. The average Bonchev–Trinajstić information content (AvgIpc) is 3.01. The first-order valence-corrected chi connectivity index (χ1v) is 8.82. The molecular formula is C18H23N3O5. The molecule has 0 bridgehead atoms. The van der Waals surface area contributed by atoms with Gasteiger partial charge in [-0.15, -0.1) is 0 Å². The van der Waals surface area contributed by atoms with E-state index < -0.39 is 11.9 Å². The van der Waals surface area contributed by atoms with Crippen LogP contribution in [0.25, 0.3) is 0 Å². The number of likely N-dealkylation sites (tertiary alicyclic amines) is 1. The van der Waals surface area contributed by atoms with Crippen molar-refractivity contribution in [2.24, 2.45) is 5.92 Å². The molecule has 3 heterocycles. The van der Waals surface area contributed by atoms with Gasteiger partial charge in [-0.25, -0.2) is 0 Å². The largest absolute Gasteiger partial charge is 0.480 e. The number of aliphatic carboxylic acids is 1. The van der Waals surface area contributed by atoms with E-state index in [1.807, 2.05) is 12.1 Å². The highest BCUT2D eigenvalue weighted by Crippen LogP contribution is 2.24. The van der Waals surface area contributed by atoms with Crippen molar-refractivity contribution in [1.82, 2.24) is 14.8 Å². The lowest BCUT2D eigenvalue weighted by Gasteiger charge is -2.34. The van der Waals surface area contributed by atoms with Crippen molar-refractivity contribution in [3.05, 3.63) is 30.1 Å². The smallest absolute Gasteiger partial charge is 0.323 e. The third-order valence-corrected chi connectivity index (χ3v) is 4.86. The minimum Gasteiger partial charge on any atom is -0.480 e. The van der Waals surface area contributed by atoms with Gasteiger partial charge in [0.1, 0.15) is 6.54 Å². The highest BCUT2D eigenvalue weighted by atomic mass is 16.5. The van der Waals surface area contributed by atoms with Gasteiger partial charge in [0.2, 0.25) is 11.8 Å². The first-order valence-electron chi connectivity index (χ1n) is 8.82. The van der Waals surface area contributed by atoms with Crippen LogP contribution < -0.4 is 0 Å². The van der Waals surface area contributed by atoms with E-state index >= 15 is 0 Å². The van der Waals surface area contributed by atoms with Gasteiger partial charge in [0.15, 0.2) is 0 Å². The second-order valence-electron chi connectivity index (χ2n) is 6.70. The van der Waals surface area contributed by atoms with Gasteiger partial charge >= 0.3 is 5.97 Å². The Balaban J connectivity index is 1.67. The molecule has 1 atom stereocenters. The molecule has 0 unspecified atom stereocenters. The number of ether oxygens (including phenoxy) is 1. The number of nitrogens with zero attached hydrogens (tertiary/aromatic N) is 3. The van der Waals surface area contributed by atoms with Crippen LogP contribution in [0.3, 0.4) is 0 Å². The number of hydrogen-bond acceptors (Lipinski definition) is 5. The maximum Gasteiger partial charge on any atom is 0.323 e. The van der Waals surface area contributed by atoms with E-state index in [-0.39, 0.29) is 30.8 Å². The van der Waals surface area contributed by atoms with Crippen LogP contribution in [0.5, 0.6) is 0 Å². The SMILES string of the molecule is O=C(O)CN(C(=O)[C@H]1CC(=O)N(Cc2ccccn2)C1)C1CCOCC1. The zero-order chi connectivity index (χ0) is 18.5. The Hall–Kier alpha value is -2.48. The highest BCUT2D eigenvalue weighted by Gasteiger charge is 2.39. The zero-order valence-electron chi connectivity index (χ0n) is 14.5. The van der Waals surface area contributed by atoms with Crippen molar-refractivity contribution >= 4 is 17.8 Å². The summed E-state index contributed by atoms with van der Waals surface area (Å²) < 4.78 is 5.31. The molecule has 140 valence electrons. The molecule has 3 rings (SSSR count). The quantitative estimate of drug-likeness (QED) is 0.793. The lowest BCUT2D eigenvalue weighted by atomic mass is 10.0. The van der Waals surface area contributed by atoms with E-state index in [0.717, 1.165) is 5.69 Å². The van der Waals surface area contributed by atoms with Gasteiger partial charge in [0.05, 0.1) is 18.2 Å². The molecule has 26 heavy (non-hydrogen) atoms. The standard InChI is InChI=1S/C18H23N3O5/c22-16-9-13(10-20(16)11-14-3-1-2-6-19-14)18(25)21(12-17(23)24)15-4-7-26-8-5-15/h1-3,6,13,15H,4-5,7-12H2,(H,23,24)/t13-/m0/s1. The summed E-state index contributed by atoms with van der Waals surface area (Å²) in [6, 6.07) is 5.35. The Bertz CT molecular complexity index is 660. The summed E-state index contributed by atoms with van der Waals surface area (Å²) in [7, 11) is 0. The number of carboxylic acids is 1. The van der Waals surface area contributed by atoms with Crippen molar-refractivity contribution in [3.63, 3.8) is 0 Å². The fourth-order valence-corrected chi connectivity index (χ4v) is 3.54. The summed E-state index contributed by atoms with van der Waals surface area (Å²) >= 11 is 0. The van der Waals surface area contributed by atoms with E-state index in [2.05, 4.69) is 4.98 Å². The van der Waals surface area contributed by atoms with E-state index in [1.165, 1.54) is 4.90 Å². The van der Waals surface area contributed by atoms with Crippen LogP contribution in [0.1, 0.15) is 25.0 Å². The molecule has 0 radical (unpaired) electrons. The number of carbonyl (C=O) groups excluding carboxylic acids is 2. The predicted octanol–water partition coefficient (Wildman–Crippen LogP) is 0.522. The number of carboxylic acid groups (broad SMARTS) is 1. The molecule has 2 fully saturated rings. The lowest BCUT2D eigenvalue weighted by Crippen LogP contribution is -2.48. The average molecular weight is 361 g/mol. The van der Waals surface area contributed by atoms with Gasteiger partial charge in [0.25, 0.3) is 0 Å². The third kappa shape index (κ3) is 4.37. The summed E-state index contributed by atoms with van der Waals surface area (Å²) in [5.74, 6) is -1.90. The Labute approximate surface area is 151 Å². The number of hydrogen-bond donors (Lipinski definition) is 1. The summed E-state index contributed by atoms with van der Waals surface area (Å²) in [6.07, 6.45) is 3.03. The second kappa shape index (κ2) is 8.27. The molecule has 2 amide bonds. The Kier molecular flexibility index (Phi) is 5.82. The van der Waals surface area contributed by atoms with Crippen molar-refractivity contribution in [1.29, 1.82) is 0 Å². The maximum atomic E-state index is 13.0. The molecular weight excluding hydrogens is 338 g/mol. The van der Waals surface area contributed by atoms with Crippen LogP contribution in [0.2, 0.25) is 0 Å². The van der Waals surface area contributed by atoms with Gasteiger partial charge in [-0.2, -0.15) is 0 Å². The first kappa shape index (κ1) is 18.3. The summed E-state index contributed by atoms with van der Waals surface area (Å²) in [6.45, 7) is 1.36. The molecule has 2 saturated heterocycles. The van der Waals surface area contributed by atoms with Gasteiger partial charge in [-0.1, -0.05) is 6.07 Å². The van der Waals surface area contributed by atoms with E-state index in [0.29, 0.717) is 39.1 Å². The van der Waals surface area contributed by atoms with Gasteiger partial charge in [-0.3, -0.25) is 19.4 Å². The maximum absolute atomic E-state index is 13.0. The molecule has 8 heteroatoms. The van der Waals surface area contributed by atoms with Crippen LogP contribution >= 0.6 is 0 Å². The molecule has 1 aromatic rings. The monoisotopic (exact) mass is 361 g/mol. The first-order chi connectivity index (χ1) is 12.5. The van der Waals surface area contributed by atoms with E-state index in [1.54, 1.807) is 17.2 Å². The lowest BCUT2D eigenvalue weighted by molar-refractivity contribution is -0.149. The number of amides is 2. The topological polar surface area (TPSA) is 100 Å². The number of rotatable bonds is 6. The summed E-state index contributed by atoms with van der Waals surface area (Å²) in [5.41, 5.74) is 0.765. The molecule has 0 spiro atoms. The second-order valence-corrected chi connectivity index (χ2v) is 6.70. The minimum atomic E-state index is -1.04. The van der Waals surface area contributed by atoms with Crippen molar-refractivity contribution in [2.75, 3.05) is 26.3 Å². The zero-order valence-corrected chi connectivity index (χ0v) is 14.5. The summed E-state index contributed by atoms with van der Waals surface area (Å²) in [5, 5.41) is 9.19.